The normalized spacial score (nSPS) is 11.6. The summed E-state index contributed by atoms with van der Waals surface area (Å²) in [6, 6.07) is 7.75. The number of hydrogen-bond donors (Lipinski definition) is 2. The second kappa shape index (κ2) is 12.7. The monoisotopic (exact) mass is 717 g/mol. The third-order valence-electron chi connectivity index (χ3n) is 5.21. The molecule has 0 saturated heterocycles. The Bertz CT molecular complexity index is 1690. The van der Waals surface area contributed by atoms with Gasteiger partial charge >= 0.3 is 20.6 Å². The van der Waals surface area contributed by atoms with Gasteiger partial charge in [-0.2, -0.15) is 58.0 Å². The van der Waals surface area contributed by atoms with Gasteiger partial charge in [-0.1, -0.05) is 46.4 Å². The summed E-state index contributed by atoms with van der Waals surface area (Å²) in [5, 5.41) is 24.1. The maximum atomic E-state index is 13.1. The molecule has 2 N–H and O–H groups in total. The van der Waals surface area contributed by atoms with Crippen molar-refractivity contribution in [2.75, 3.05) is 11.0 Å². The molecule has 2 aromatic heterocycles. The van der Waals surface area contributed by atoms with Gasteiger partial charge in [0.25, 0.3) is 0 Å². The Morgan fingerprint density at radius 1 is 0.682 bits per heavy atom. The molecule has 0 saturated carbocycles. The van der Waals surface area contributed by atoms with Crippen LogP contribution in [-0.2, 0) is 26.2 Å². The summed E-state index contributed by atoms with van der Waals surface area (Å²) in [5.41, 5.74) is 0.822. The minimum absolute atomic E-state index is 0.280. The molecule has 11 nitrogen and oxygen atoms in total. The Balaban J connectivity index is 1.55. The molecule has 0 aliphatic rings. The lowest BCUT2D eigenvalue weighted by molar-refractivity contribution is -0.138. The first kappa shape index (κ1) is 33.1. The largest absolute Gasteiger partial charge is 0.746 e. The molecular weight excluding hydrogens is 711 g/mol. The van der Waals surface area contributed by atoms with E-state index in [1.54, 1.807) is 12.1 Å². The number of alkyl halides is 6. The topological polar surface area (TPSA) is 143 Å². The standard InChI is InChI=1S/C22H8Cl4F6N8O3P/c23-13-1-9(21(27,28)29)2-14(24)19(13)39-17(5-11(7-33)35-39)37-42-44(41)43-38-18-6-12(8-34)36-40(18)20-15(25)3-10(4-16(20)26)22(30,31)32/h1-6,37-38H/q+1. The maximum absolute atomic E-state index is 13.1. The predicted octanol–water partition coefficient (Wildman–Crippen LogP) is 8.50. The highest BCUT2D eigenvalue weighted by molar-refractivity contribution is 7.33. The zero-order chi connectivity index (χ0) is 32.6. The van der Waals surface area contributed by atoms with Gasteiger partial charge < -0.3 is 0 Å². The van der Waals surface area contributed by atoms with Crippen molar-refractivity contribution in [3.05, 3.63) is 79.0 Å². The van der Waals surface area contributed by atoms with Gasteiger partial charge in [0.15, 0.2) is 23.0 Å². The molecule has 0 fully saturated rings. The highest BCUT2D eigenvalue weighted by Gasteiger charge is 2.34. The van der Waals surface area contributed by atoms with Gasteiger partial charge in [-0.3, -0.25) is 0 Å². The van der Waals surface area contributed by atoms with Crippen molar-refractivity contribution in [2.45, 2.75) is 12.4 Å². The molecule has 2 aromatic carbocycles. The fourth-order valence-electron chi connectivity index (χ4n) is 3.41. The molecule has 4 aromatic rings. The lowest BCUT2D eigenvalue weighted by Gasteiger charge is -2.14. The third-order valence-corrected chi connectivity index (χ3v) is 6.84. The van der Waals surface area contributed by atoms with Crippen molar-refractivity contribution < 1.29 is 40.2 Å². The van der Waals surface area contributed by atoms with E-state index >= 15 is 0 Å². The molecule has 22 heteroatoms. The Hall–Kier alpha value is -3.80. The van der Waals surface area contributed by atoms with Crippen LogP contribution in [0.5, 0.6) is 0 Å². The van der Waals surface area contributed by atoms with E-state index in [4.69, 9.17) is 55.7 Å². The third kappa shape index (κ3) is 7.11. The molecule has 0 radical (unpaired) electrons. The first-order chi connectivity index (χ1) is 20.5. The van der Waals surface area contributed by atoms with E-state index in [1.807, 2.05) is 0 Å². The lowest BCUT2D eigenvalue weighted by atomic mass is 10.2. The Kier molecular flexibility index (Phi) is 9.53. The molecule has 0 aliphatic heterocycles. The summed E-state index contributed by atoms with van der Waals surface area (Å²) in [6.45, 7) is 0. The molecule has 228 valence electrons. The number of hydrogen-bond acceptors (Lipinski definition) is 9. The van der Waals surface area contributed by atoms with Crippen molar-refractivity contribution in [1.82, 2.24) is 19.6 Å². The number of nitrogens with one attached hydrogen (secondary N) is 2. The molecular formula is C22H8Cl4F6N8O3P+. The van der Waals surface area contributed by atoms with E-state index in [9.17, 15) is 41.4 Å². The van der Waals surface area contributed by atoms with Gasteiger partial charge in [-0.05, 0) is 24.3 Å². The minimum atomic E-state index is -4.77. The van der Waals surface area contributed by atoms with E-state index < -0.39 is 51.8 Å². The Morgan fingerprint density at radius 2 is 1.00 bits per heavy atom. The number of anilines is 2. The summed E-state index contributed by atoms with van der Waals surface area (Å²) in [4.78, 5) is 0. The molecule has 0 amide bonds. The summed E-state index contributed by atoms with van der Waals surface area (Å²) in [6.07, 6.45) is -9.54. The highest BCUT2D eigenvalue weighted by Crippen LogP contribution is 2.40. The van der Waals surface area contributed by atoms with Crippen LogP contribution in [0.25, 0.3) is 11.4 Å². The van der Waals surface area contributed by atoms with Crippen LogP contribution in [0, 0.1) is 22.7 Å². The fraction of sp³-hybridized carbons (Fsp3) is 0.0909. The number of aromatic nitrogens is 4. The predicted molar refractivity (Wildman–Crippen MR) is 144 cm³/mol. The minimum Gasteiger partial charge on any atom is -0.211 e. The van der Waals surface area contributed by atoms with Crippen LogP contribution in [0.2, 0.25) is 20.1 Å². The van der Waals surface area contributed by atoms with Crippen LogP contribution in [0.3, 0.4) is 0 Å². The molecule has 4 rings (SSSR count). The summed E-state index contributed by atoms with van der Waals surface area (Å²) < 4.78 is 103. The number of halogens is 10. The van der Waals surface area contributed by atoms with E-state index in [1.165, 1.54) is 0 Å². The van der Waals surface area contributed by atoms with Crippen molar-refractivity contribution in [3.8, 4) is 23.5 Å². The summed E-state index contributed by atoms with van der Waals surface area (Å²) in [5.74, 6) is -0.561. The Labute approximate surface area is 261 Å². The molecule has 0 spiro atoms. The average Bonchev–Trinajstić information content (AvgIpc) is 3.52. The number of nitriles is 2. The lowest BCUT2D eigenvalue weighted by Crippen LogP contribution is -2.10. The number of rotatable bonds is 8. The van der Waals surface area contributed by atoms with Crippen molar-refractivity contribution in [3.63, 3.8) is 0 Å². The van der Waals surface area contributed by atoms with Gasteiger partial charge in [-0.15, -0.1) is 0 Å². The van der Waals surface area contributed by atoms with E-state index in [0.29, 0.717) is 24.3 Å². The first-order valence-electron chi connectivity index (χ1n) is 11.0. The van der Waals surface area contributed by atoms with Gasteiger partial charge in [0.1, 0.15) is 23.5 Å². The van der Waals surface area contributed by atoms with Gasteiger partial charge in [-0.25, -0.2) is 9.36 Å². The quantitative estimate of drug-likeness (QED) is 0.104. The van der Waals surface area contributed by atoms with Crippen LogP contribution in [0.1, 0.15) is 22.5 Å². The van der Waals surface area contributed by atoms with E-state index in [0.717, 1.165) is 21.5 Å². The van der Waals surface area contributed by atoms with Crippen LogP contribution in [-0.4, -0.2) is 19.6 Å². The van der Waals surface area contributed by atoms with Gasteiger partial charge in [0, 0.05) is 25.9 Å². The van der Waals surface area contributed by atoms with Crippen LogP contribution in [0.4, 0.5) is 38.0 Å². The molecule has 0 bridgehead atoms. The number of benzene rings is 2. The second-order valence-corrected chi connectivity index (χ2v) is 10.5. The van der Waals surface area contributed by atoms with Crippen LogP contribution < -0.4 is 11.0 Å². The van der Waals surface area contributed by atoms with E-state index in [-0.39, 0.29) is 34.4 Å². The highest BCUT2D eigenvalue weighted by atomic mass is 35.5. The van der Waals surface area contributed by atoms with Crippen molar-refractivity contribution in [1.29, 1.82) is 10.5 Å². The summed E-state index contributed by atoms with van der Waals surface area (Å²) >= 11 is 24.1. The van der Waals surface area contributed by atoms with Gasteiger partial charge in [0.05, 0.1) is 31.2 Å². The fourth-order valence-corrected chi connectivity index (χ4v) is 5.08. The zero-order valence-corrected chi connectivity index (χ0v) is 24.5. The van der Waals surface area contributed by atoms with Crippen LogP contribution in [0.15, 0.2) is 36.4 Å². The molecule has 0 aliphatic carbocycles. The second-order valence-electron chi connectivity index (χ2n) is 8.06. The SMILES string of the molecule is N#Cc1cc(NO[P+](=O)ONc2cc(C#N)nn2-c2c(Cl)cc(C(F)(F)F)cc2Cl)n(-c2c(Cl)cc(C(F)(F)F)cc2Cl)n1. The maximum Gasteiger partial charge on any atom is 0.746 e. The van der Waals surface area contributed by atoms with Crippen molar-refractivity contribution in [2.24, 2.45) is 0 Å². The van der Waals surface area contributed by atoms with Crippen molar-refractivity contribution >= 4 is 66.3 Å². The zero-order valence-electron chi connectivity index (χ0n) is 20.6. The van der Waals surface area contributed by atoms with Gasteiger partial charge in [0.2, 0.25) is 0 Å². The Morgan fingerprint density at radius 3 is 1.27 bits per heavy atom. The molecule has 0 atom stereocenters. The smallest absolute Gasteiger partial charge is 0.211 e. The first-order valence-corrected chi connectivity index (χ1v) is 13.6. The van der Waals surface area contributed by atoms with Crippen LogP contribution >= 0.6 is 54.7 Å². The number of nitrogens with zero attached hydrogens (tertiary/aromatic N) is 6. The molecule has 44 heavy (non-hydrogen) atoms. The molecule has 2 heterocycles. The van der Waals surface area contributed by atoms with E-state index in [2.05, 4.69) is 21.2 Å². The summed E-state index contributed by atoms with van der Waals surface area (Å²) in [7, 11) is -3.20. The molecule has 0 unspecified atom stereocenters. The average molecular weight is 719 g/mol.